The van der Waals surface area contributed by atoms with Crippen LogP contribution in [-0.2, 0) is 36.8 Å². The van der Waals surface area contributed by atoms with Gasteiger partial charge in [-0.2, -0.15) is 13.2 Å². The summed E-state index contributed by atoms with van der Waals surface area (Å²) in [6.07, 6.45) is -9.35. The maximum absolute atomic E-state index is 13.5. The number of aliphatic hydroxyl groups is 1. The summed E-state index contributed by atoms with van der Waals surface area (Å²) in [5, 5.41) is 14.6. The first-order valence-corrected chi connectivity index (χ1v) is 14.8. The van der Waals surface area contributed by atoms with Gasteiger partial charge in [-0.15, -0.1) is 0 Å². The Bertz CT molecular complexity index is 1290. The number of Topliss-reactive ketones (excluding diaryl/α,β-unsaturated/α-hetero) is 2. The lowest BCUT2D eigenvalue weighted by Gasteiger charge is -2.27. The van der Waals surface area contributed by atoms with E-state index in [1.54, 1.807) is 44.2 Å². The standard InChI is InChI=1S/C33H42F3N3O6/c1-20(2)25(19-24(40)17-22-10-6-4-7-11-22)32(45)39-27(18-23-12-8-5-9-13-23)28(41)16-21(3)31(44)38-26(14-15-29(37)42)30(43)33(34,35)36/h4-13,20-21,25-27,30,43H,14-19H2,1-3H3,(H2,37,42)(H,38,44)(H,39,45)/t21-,25+,26?,27+,30?/m1/s1. The number of alkyl halides is 3. The van der Waals surface area contributed by atoms with Crippen LogP contribution in [0.1, 0.15) is 57.6 Å². The van der Waals surface area contributed by atoms with Gasteiger partial charge in [-0.25, -0.2) is 0 Å². The Morgan fingerprint density at radius 2 is 1.38 bits per heavy atom. The van der Waals surface area contributed by atoms with E-state index in [0.717, 1.165) is 5.56 Å². The van der Waals surface area contributed by atoms with Gasteiger partial charge in [0.05, 0.1) is 12.1 Å². The normalized spacial score (nSPS) is 14.9. The second-order valence-electron chi connectivity index (χ2n) is 11.7. The summed E-state index contributed by atoms with van der Waals surface area (Å²) >= 11 is 0. The Hall–Kier alpha value is -4.06. The summed E-state index contributed by atoms with van der Waals surface area (Å²) in [5.74, 6) is -5.15. The van der Waals surface area contributed by atoms with Gasteiger partial charge in [-0.05, 0) is 29.9 Å². The van der Waals surface area contributed by atoms with E-state index in [4.69, 9.17) is 5.73 Å². The molecule has 0 saturated heterocycles. The topological polar surface area (TPSA) is 156 Å². The average molecular weight is 634 g/mol. The van der Waals surface area contributed by atoms with Crippen LogP contribution in [0.4, 0.5) is 13.2 Å². The van der Waals surface area contributed by atoms with Crippen molar-refractivity contribution >= 4 is 29.3 Å². The van der Waals surface area contributed by atoms with Crippen molar-refractivity contribution in [3.8, 4) is 0 Å². The number of ketones is 2. The average Bonchev–Trinajstić information content (AvgIpc) is 2.97. The van der Waals surface area contributed by atoms with Crippen molar-refractivity contribution in [1.82, 2.24) is 10.6 Å². The first-order valence-electron chi connectivity index (χ1n) is 14.8. The van der Waals surface area contributed by atoms with Crippen LogP contribution in [0.3, 0.4) is 0 Å². The second kappa shape index (κ2) is 17.4. The molecule has 2 rings (SSSR count). The lowest BCUT2D eigenvalue weighted by Crippen LogP contribution is -2.52. The molecule has 0 bridgehead atoms. The minimum absolute atomic E-state index is 0.0440. The summed E-state index contributed by atoms with van der Waals surface area (Å²) in [7, 11) is 0. The minimum Gasteiger partial charge on any atom is -0.382 e. The minimum atomic E-state index is -5.07. The SMILES string of the molecule is CC(C)[C@H](CC(=O)Cc1ccccc1)C(=O)N[C@@H](Cc1ccccc1)C(=O)C[C@@H](C)C(=O)NC(CCC(N)=O)C(O)C(F)(F)F. The molecular formula is C33H42F3N3O6. The fourth-order valence-corrected chi connectivity index (χ4v) is 4.84. The fraction of sp³-hybridized carbons (Fsp3) is 0.485. The zero-order valence-corrected chi connectivity index (χ0v) is 25.7. The van der Waals surface area contributed by atoms with Gasteiger partial charge in [0, 0.05) is 37.5 Å². The molecule has 5 atom stereocenters. The van der Waals surface area contributed by atoms with Crippen molar-refractivity contribution in [3.63, 3.8) is 0 Å². The van der Waals surface area contributed by atoms with E-state index >= 15 is 0 Å². The van der Waals surface area contributed by atoms with Gasteiger partial charge in [0.1, 0.15) is 5.78 Å². The Labute approximate surface area is 261 Å². The molecule has 0 aliphatic carbocycles. The second-order valence-corrected chi connectivity index (χ2v) is 11.7. The van der Waals surface area contributed by atoms with Crippen LogP contribution >= 0.6 is 0 Å². The lowest BCUT2D eigenvalue weighted by atomic mass is 9.87. The number of amides is 3. The number of carbonyl (C=O) groups excluding carboxylic acids is 5. The van der Waals surface area contributed by atoms with Gasteiger partial charge in [0.25, 0.3) is 0 Å². The molecule has 2 aromatic carbocycles. The molecule has 0 radical (unpaired) electrons. The largest absolute Gasteiger partial charge is 0.416 e. The van der Waals surface area contributed by atoms with Gasteiger partial charge in [0.2, 0.25) is 17.7 Å². The Morgan fingerprint density at radius 1 is 0.822 bits per heavy atom. The maximum Gasteiger partial charge on any atom is 0.416 e. The highest BCUT2D eigenvalue weighted by Gasteiger charge is 2.44. The highest BCUT2D eigenvalue weighted by molar-refractivity contribution is 5.94. The number of nitrogens with two attached hydrogens (primary N) is 1. The van der Waals surface area contributed by atoms with Crippen molar-refractivity contribution in [1.29, 1.82) is 0 Å². The van der Waals surface area contributed by atoms with Crippen LogP contribution in [0.2, 0.25) is 0 Å². The number of rotatable bonds is 18. The number of halogens is 3. The van der Waals surface area contributed by atoms with Crippen molar-refractivity contribution in [2.24, 2.45) is 23.5 Å². The zero-order chi connectivity index (χ0) is 33.7. The highest BCUT2D eigenvalue weighted by atomic mass is 19.4. The van der Waals surface area contributed by atoms with Gasteiger partial charge >= 0.3 is 6.18 Å². The van der Waals surface area contributed by atoms with Gasteiger partial charge in [-0.3, -0.25) is 24.0 Å². The Morgan fingerprint density at radius 3 is 1.89 bits per heavy atom. The fourth-order valence-electron chi connectivity index (χ4n) is 4.84. The summed E-state index contributed by atoms with van der Waals surface area (Å²) in [6, 6.07) is 15.0. The molecule has 5 N–H and O–H groups in total. The predicted octanol–water partition coefficient (Wildman–Crippen LogP) is 3.46. The molecule has 2 unspecified atom stereocenters. The number of aliphatic hydroxyl groups excluding tert-OH is 1. The molecule has 0 aliphatic rings. The highest BCUT2D eigenvalue weighted by Crippen LogP contribution is 2.25. The molecule has 0 heterocycles. The van der Waals surface area contributed by atoms with Gasteiger partial charge < -0.3 is 21.5 Å². The van der Waals surface area contributed by atoms with Crippen LogP contribution in [0.15, 0.2) is 60.7 Å². The first kappa shape index (κ1) is 37.1. The van der Waals surface area contributed by atoms with E-state index in [1.807, 2.05) is 30.3 Å². The third-order valence-electron chi connectivity index (χ3n) is 7.52. The van der Waals surface area contributed by atoms with Crippen LogP contribution in [0.25, 0.3) is 0 Å². The van der Waals surface area contributed by atoms with Gasteiger partial charge in [-0.1, -0.05) is 81.4 Å². The van der Waals surface area contributed by atoms with E-state index in [2.05, 4.69) is 10.6 Å². The zero-order valence-electron chi connectivity index (χ0n) is 25.7. The molecule has 246 valence electrons. The van der Waals surface area contributed by atoms with Crippen LogP contribution in [0.5, 0.6) is 0 Å². The van der Waals surface area contributed by atoms with Crippen LogP contribution in [0, 0.1) is 17.8 Å². The third kappa shape index (κ3) is 12.8. The van der Waals surface area contributed by atoms with Crippen molar-refractivity contribution in [3.05, 3.63) is 71.8 Å². The first-order chi connectivity index (χ1) is 21.1. The molecule has 0 aromatic heterocycles. The number of benzene rings is 2. The smallest absolute Gasteiger partial charge is 0.382 e. The maximum atomic E-state index is 13.5. The van der Waals surface area contributed by atoms with E-state index in [9.17, 15) is 42.3 Å². The summed E-state index contributed by atoms with van der Waals surface area (Å²) < 4.78 is 39.6. The number of carbonyl (C=O) groups is 5. The van der Waals surface area contributed by atoms with Gasteiger partial charge in [0.15, 0.2) is 11.9 Å². The molecule has 12 heteroatoms. The summed E-state index contributed by atoms with van der Waals surface area (Å²) in [6.45, 7) is 4.92. The monoisotopic (exact) mass is 633 g/mol. The molecule has 0 aliphatic heterocycles. The summed E-state index contributed by atoms with van der Waals surface area (Å²) in [4.78, 5) is 63.8. The number of nitrogens with one attached hydrogen (secondary N) is 2. The Balaban J connectivity index is 2.18. The van der Waals surface area contributed by atoms with E-state index in [1.165, 1.54) is 6.92 Å². The van der Waals surface area contributed by atoms with Crippen molar-refractivity contribution in [2.75, 3.05) is 0 Å². The number of hydrogen-bond acceptors (Lipinski definition) is 6. The molecule has 0 saturated carbocycles. The van der Waals surface area contributed by atoms with Crippen molar-refractivity contribution in [2.45, 2.75) is 83.7 Å². The van der Waals surface area contributed by atoms with Crippen LogP contribution in [-0.4, -0.2) is 58.8 Å². The van der Waals surface area contributed by atoms with Crippen molar-refractivity contribution < 1.29 is 42.3 Å². The molecule has 2 aromatic rings. The number of primary amides is 1. The third-order valence-corrected chi connectivity index (χ3v) is 7.52. The molecular weight excluding hydrogens is 591 g/mol. The molecule has 3 amide bonds. The molecule has 9 nitrogen and oxygen atoms in total. The van der Waals surface area contributed by atoms with E-state index in [0.29, 0.717) is 5.56 Å². The molecule has 45 heavy (non-hydrogen) atoms. The molecule has 0 fully saturated rings. The Kier molecular flexibility index (Phi) is 14.4. The lowest BCUT2D eigenvalue weighted by molar-refractivity contribution is -0.213. The summed E-state index contributed by atoms with van der Waals surface area (Å²) in [5.41, 5.74) is 6.56. The van der Waals surface area contributed by atoms with E-state index in [-0.39, 0.29) is 31.0 Å². The molecule has 0 spiro atoms. The van der Waals surface area contributed by atoms with Crippen LogP contribution < -0.4 is 16.4 Å². The predicted molar refractivity (Wildman–Crippen MR) is 161 cm³/mol. The quantitative estimate of drug-likeness (QED) is 0.197. The van der Waals surface area contributed by atoms with E-state index < -0.39 is 79.0 Å². The number of hydrogen-bond donors (Lipinski definition) is 4.